The first-order valence-electron chi connectivity index (χ1n) is 5.47. The largest absolute Gasteiger partial charge is 0.475 e. The fourth-order valence-electron chi connectivity index (χ4n) is 1.50. The number of nitro benzene ring substituents is 1. The highest BCUT2D eigenvalue weighted by atomic mass is 19.1. The van der Waals surface area contributed by atoms with E-state index in [2.05, 4.69) is 5.32 Å². The summed E-state index contributed by atoms with van der Waals surface area (Å²) in [6.07, 6.45) is 0. The summed E-state index contributed by atoms with van der Waals surface area (Å²) in [5, 5.41) is 21.3. The van der Waals surface area contributed by atoms with Crippen LogP contribution in [0.1, 0.15) is 21.1 Å². The third-order valence-electron chi connectivity index (χ3n) is 2.44. The molecule has 1 heterocycles. The third-order valence-corrected chi connectivity index (χ3v) is 2.44. The lowest BCUT2D eigenvalue weighted by Gasteiger charge is -2.03. The number of nitro groups is 1. The number of halogens is 1. The Balaban J connectivity index is 2.17. The summed E-state index contributed by atoms with van der Waals surface area (Å²) in [6, 6.07) is 5.04. The molecule has 2 N–H and O–H groups in total. The van der Waals surface area contributed by atoms with E-state index in [0.29, 0.717) is 0 Å². The van der Waals surface area contributed by atoms with Crippen LogP contribution in [0.25, 0.3) is 0 Å². The van der Waals surface area contributed by atoms with Crippen LogP contribution in [0, 0.1) is 15.9 Å². The van der Waals surface area contributed by atoms with E-state index in [1.54, 1.807) is 0 Å². The monoisotopic (exact) mass is 294 g/mol. The van der Waals surface area contributed by atoms with E-state index in [1.807, 2.05) is 0 Å². The van der Waals surface area contributed by atoms with Gasteiger partial charge in [0.25, 0.3) is 5.91 Å². The summed E-state index contributed by atoms with van der Waals surface area (Å²) in [6.45, 7) is 0. The van der Waals surface area contributed by atoms with Crippen LogP contribution in [-0.4, -0.2) is 21.9 Å². The molecular formula is C12H7FN2O6. The zero-order chi connectivity index (χ0) is 15.6. The van der Waals surface area contributed by atoms with Crippen LogP contribution in [-0.2, 0) is 0 Å². The Bertz CT molecular complexity index is 739. The van der Waals surface area contributed by atoms with Gasteiger partial charge in [0.1, 0.15) is 0 Å². The van der Waals surface area contributed by atoms with E-state index in [4.69, 9.17) is 9.52 Å². The topological polar surface area (TPSA) is 123 Å². The molecule has 0 aliphatic rings. The highest BCUT2D eigenvalue weighted by molar-refractivity contribution is 6.03. The first-order valence-corrected chi connectivity index (χ1v) is 5.47. The second-order valence-electron chi connectivity index (χ2n) is 3.85. The molecule has 1 aromatic carbocycles. The van der Waals surface area contributed by atoms with Crippen LogP contribution in [0.4, 0.5) is 15.8 Å². The zero-order valence-electron chi connectivity index (χ0n) is 10.2. The van der Waals surface area contributed by atoms with E-state index in [0.717, 1.165) is 30.3 Å². The maximum absolute atomic E-state index is 13.4. The van der Waals surface area contributed by atoms with E-state index in [-0.39, 0.29) is 11.4 Å². The Morgan fingerprint density at radius 3 is 2.43 bits per heavy atom. The van der Waals surface area contributed by atoms with Crippen molar-refractivity contribution in [3.05, 3.63) is 57.8 Å². The Morgan fingerprint density at radius 2 is 1.90 bits per heavy atom. The van der Waals surface area contributed by atoms with Crippen LogP contribution in [0.5, 0.6) is 0 Å². The second-order valence-corrected chi connectivity index (χ2v) is 3.85. The summed E-state index contributed by atoms with van der Waals surface area (Å²) in [5.74, 6) is -3.96. The van der Waals surface area contributed by atoms with Crippen LogP contribution < -0.4 is 5.32 Å². The molecular weight excluding hydrogens is 287 g/mol. The molecule has 21 heavy (non-hydrogen) atoms. The summed E-state index contributed by atoms with van der Waals surface area (Å²) in [4.78, 5) is 31.9. The van der Waals surface area contributed by atoms with E-state index in [1.165, 1.54) is 0 Å². The molecule has 1 aromatic heterocycles. The van der Waals surface area contributed by atoms with Gasteiger partial charge >= 0.3 is 11.7 Å². The smallest absolute Gasteiger partial charge is 0.371 e. The van der Waals surface area contributed by atoms with Gasteiger partial charge in [0.2, 0.25) is 11.6 Å². The number of rotatable bonds is 4. The van der Waals surface area contributed by atoms with E-state index in [9.17, 15) is 24.1 Å². The van der Waals surface area contributed by atoms with Gasteiger partial charge in [-0.1, -0.05) is 0 Å². The van der Waals surface area contributed by atoms with Crippen molar-refractivity contribution >= 4 is 23.3 Å². The van der Waals surface area contributed by atoms with Gasteiger partial charge in [-0.3, -0.25) is 14.9 Å². The normalized spacial score (nSPS) is 10.1. The molecule has 0 bridgehead atoms. The number of carboxylic acid groups (broad SMARTS) is 1. The number of carboxylic acids is 1. The van der Waals surface area contributed by atoms with Gasteiger partial charge in [-0.25, -0.2) is 4.79 Å². The molecule has 0 saturated carbocycles. The van der Waals surface area contributed by atoms with Crippen LogP contribution in [0.3, 0.4) is 0 Å². The van der Waals surface area contributed by atoms with Gasteiger partial charge in [-0.2, -0.15) is 4.39 Å². The lowest BCUT2D eigenvalue weighted by molar-refractivity contribution is -0.387. The quantitative estimate of drug-likeness (QED) is 0.658. The highest BCUT2D eigenvalue weighted by Crippen LogP contribution is 2.21. The number of aromatic carboxylic acids is 1. The van der Waals surface area contributed by atoms with Crippen molar-refractivity contribution in [1.29, 1.82) is 0 Å². The van der Waals surface area contributed by atoms with Gasteiger partial charge in [0.05, 0.1) is 4.92 Å². The van der Waals surface area contributed by atoms with Gasteiger partial charge in [-0.15, -0.1) is 0 Å². The predicted octanol–water partition coefficient (Wildman–Crippen LogP) is 2.28. The molecule has 8 nitrogen and oxygen atoms in total. The molecule has 2 aromatic rings. The number of benzene rings is 1. The Labute approximate surface area is 115 Å². The average molecular weight is 294 g/mol. The van der Waals surface area contributed by atoms with Crippen LogP contribution in [0.15, 0.2) is 34.7 Å². The molecule has 0 aliphatic heterocycles. The summed E-state index contributed by atoms with van der Waals surface area (Å²) < 4.78 is 18.1. The van der Waals surface area contributed by atoms with E-state index >= 15 is 0 Å². The number of furan rings is 1. The van der Waals surface area contributed by atoms with Crippen molar-refractivity contribution in [2.75, 3.05) is 5.32 Å². The molecule has 0 saturated heterocycles. The zero-order valence-corrected chi connectivity index (χ0v) is 10.2. The minimum Gasteiger partial charge on any atom is -0.475 e. The predicted molar refractivity (Wildman–Crippen MR) is 66.7 cm³/mol. The fourth-order valence-corrected chi connectivity index (χ4v) is 1.50. The molecule has 0 atom stereocenters. The molecule has 0 fully saturated rings. The molecule has 0 aliphatic carbocycles. The van der Waals surface area contributed by atoms with Crippen molar-refractivity contribution in [2.45, 2.75) is 0 Å². The first kappa shape index (κ1) is 14.2. The SMILES string of the molecule is O=C(O)c1ccc(C(=O)Nc2ccc([N+](=O)[O-])c(F)c2)o1. The van der Waals surface area contributed by atoms with Crippen LogP contribution in [0.2, 0.25) is 0 Å². The van der Waals surface area contributed by atoms with Gasteiger partial charge < -0.3 is 14.8 Å². The van der Waals surface area contributed by atoms with Crippen molar-refractivity contribution in [3.63, 3.8) is 0 Å². The number of carbonyl (C=O) groups is 2. The van der Waals surface area contributed by atoms with Crippen molar-refractivity contribution in [1.82, 2.24) is 0 Å². The minimum atomic E-state index is -1.34. The highest BCUT2D eigenvalue weighted by Gasteiger charge is 2.17. The number of nitrogens with one attached hydrogen (secondary N) is 1. The summed E-state index contributed by atoms with van der Waals surface area (Å²) in [5.41, 5.74) is -0.754. The minimum absolute atomic E-state index is 0.0311. The maximum Gasteiger partial charge on any atom is 0.371 e. The lowest BCUT2D eigenvalue weighted by atomic mass is 10.2. The molecule has 9 heteroatoms. The Kier molecular flexibility index (Phi) is 3.65. The Hall–Kier alpha value is -3.23. The molecule has 0 radical (unpaired) electrons. The number of amides is 1. The average Bonchev–Trinajstić information content (AvgIpc) is 2.88. The van der Waals surface area contributed by atoms with Crippen molar-refractivity contribution in [3.8, 4) is 0 Å². The maximum atomic E-state index is 13.4. The van der Waals surface area contributed by atoms with Gasteiger partial charge in [-0.05, 0) is 18.2 Å². The lowest BCUT2D eigenvalue weighted by Crippen LogP contribution is -2.11. The molecule has 0 spiro atoms. The standard InChI is InChI=1S/C12H7FN2O6/c13-7-5-6(1-2-8(7)15(19)20)14-11(16)9-3-4-10(21-9)12(17)18/h1-5H,(H,14,16)(H,17,18). The summed E-state index contributed by atoms with van der Waals surface area (Å²) >= 11 is 0. The number of carbonyl (C=O) groups excluding carboxylic acids is 1. The third kappa shape index (κ3) is 3.03. The summed E-state index contributed by atoms with van der Waals surface area (Å²) in [7, 11) is 0. The molecule has 0 unspecified atom stereocenters. The number of hydrogen-bond donors (Lipinski definition) is 2. The van der Waals surface area contributed by atoms with Crippen molar-refractivity contribution < 1.29 is 28.4 Å². The van der Waals surface area contributed by atoms with Gasteiger partial charge in [0.15, 0.2) is 5.76 Å². The van der Waals surface area contributed by atoms with Crippen LogP contribution >= 0.6 is 0 Å². The second kappa shape index (κ2) is 5.41. The molecule has 108 valence electrons. The van der Waals surface area contributed by atoms with E-state index < -0.39 is 34.1 Å². The number of nitrogens with zero attached hydrogens (tertiary/aromatic N) is 1. The van der Waals surface area contributed by atoms with Crippen molar-refractivity contribution in [2.24, 2.45) is 0 Å². The first-order chi connectivity index (χ1) is 9.88. The van der Waals surface area contributed by atoms with Gasteiger partial charge in [0, 0.05) is 17.8 Å². The molecule has 2 rings (SSSR count). The number of anilines is 1. The molecule has 1 amide bonds. The number of hydrogen-bond acceptors (Lipinski definition) is 5. The fraction of sp³-hybridized carbons (Fsp3) is 0. The Morgan fingerprint density at radius 1 is 1.24 bits per heavy atom.